The number of amides is 2. The molecule has 0 aliphatic heterocycles. The van der Waals surface area contributed by atoms with E-state index < -0.39 is 16.1 Å². The molecular formula is C26H36BrN3O5S. The largest absolute Gasteiger partial charge is 0.495 e. The minimum atomic E-state index is -3.61. The van der Waals surface area contributed by atoms with Crippen LogP contribution >= 0.6 is 15.9 Å². The van der Waals surface area contributed by atoms with Crippen molar-refractivity contribution in [1.82, 2.24) is 10.2 Å². The summed E-state index contributed by atoms with van der Waals surface area (Å²) in [7, 11) is -2.13. The number of ether oxygens (including phenoxy) is 1. The summed E-state index contributed by atoms with van der Waals surface area (Å²) in [5.41, 5.74) is 1.31. The van der Waals surface area contributed by atoms with Crippen LogP contribution in [0.3, 0.4) is 0 Å². The summed E-state index contributed by atoms with van der Waals surface area (Å²) in [6, 6.07) is 13.7. The van der Waals surface area contributed by atoms with Crippen molar-refractivity contribution in [2.24, 2.45) is 0 Å². The number of rotatable bonds is 13. The first-order valence-corrected chi connectivity index (χ1v) is 14.6. The van der Waals surface area contributed by atoms with Crippen molar-refractivity contribution in [1.29, 1.82) is 0 Å². The van der Waals surface area contributed by atoms with Gasteiger partial charge in [0, 0.05) is 30.0 Å². The molecule has 2 atom stereocenters. The number of halogens is 1. The van der Waals surface area contributed by atoms with Crippen LogP contribution in [-0.4, -0.2) is 57.1 Å². The zero-order valence-electron chi connectivity index (χ0n) is 21.5. The molecule has 36 heavy (non-hydrogen) atoms. The molecule has 1 N–H and O–H groups in total. The third-order valence-electron chi connectivity index (χ3n) is 5.94. The molecule has 2 aromatic carbocycles. The Hall–Kier alpha value is -2.59. The van der Waals surface area contributed by atoms with Crippen LogP contribution in [0.2, 0.25) is 0 Å². The van der Waals surface area contributed by atoms with Crippen molar-refractivity contribution in [3.05, 3.63) is 58.6 Å². The van der Waals surface area contributed by atoms with Crippen molar-refractivity contribution in [3.63, 3.8) is 0 Å². The van der Waals surface area contributed by atoms with Crippen LogP contribution in [0, 0.1) is 0 Å². The molecule has 0 aliphatic carbocycles. The van der Waals surface area contributed by atoms with Gasteiger partial charge in [0.15, 0.2) is 0 Å². The molecule has 2 amide bonds. The number of para-hydroxylation sites is 2. The van der Waals surface area contributed by atoms with E-state index in [4.69, 9.17) is 4.74 Å². The second-order valence-corrected chi connectivity index (χ2v) is 11.6. The van der Waals surface area contributed by atoms with E-state index in [2.05, 4.69) is 21.2 Å². The molecule has 0 aliphatic rings. The van der Waals surface area contributed by atoms with Crippen molar-refractivity contribution < 1.29 is 22.7 Å². The zero-order valence-corrected chi connectivity index (χ0v) is 23.9. The fraction of sp³-hybridized carbons (Fsp3) is 0.462. The molecule has 0 saturated heterocycles. The lowest BCUT2D eigenvalue weighted by molar-refractivity contribution is -0.140. The molecule has 2 aromatic rings. The van der Waals surface area contributed by atoms with Gasteiger partial charge in [-0.05, 0) is 56.5 Å². The summed E-state index contributed by atoms with van der Waals surface area (Å²) >= 11 is 3.41. The average molecular weight is 583 g/mol. The van der Waals surface area contributed by atoms with Crippen molar-refractivity contribution in [3.8, 4) is 5.75 Å². The van der Waals surface area contributed by atoms with Crippen LogP contribution in [0.25, 0.3) is 0 Å². The Labute approximate surface area is 223 Å². The SMILES string of the molecule is CC[C@@H](C)NC(=O)[C@H](C)N(Cc1ccc(Br)cc1)C(=O)CCCN(c1ccccc1OC)S(C)(=O)=O. The highest BCUT2D eigenvalue weighted by molar-refractivity contribution is 9.10. The van der Waals surface area contributed by atoms with E-state index in [1.165, 1.54) is 11.4 Å². The van der Waals surface area contributed by atoms with Gasteiger partial charge in [0.25, 0.3) is 0 Å². The maximum absolute atomic E-state index is 13.4. The molecule has 198 valence electrons. The highest BCUT2D eigenvalue weighted by Crippen LogP contribution is 2.29. The van der Waals surface area contributed by atoms with Gasteiger partial charge >= 0.3 is 0 Å². The molecule has 8 nitrogen and oxygen atoms in total. The topological polar surface area (TPSA) is 96.0 Å². The standard InChI is InChI=1S/C26H36BrN3O5S/c1-6-19(2)28-26(32)20(3)29(18-21-13-15-22(27)16-14-21)25(31)12-9-17-30(36(5,33)34)23-10-7-8-11-24(23)35-4/h7-8,10-11,13-16,19-20H,6,9,12,17-18H2,1-5H3,(H,28,32)/t19-,20+/m1/s1. The van der Waals surface area contributed by atoms with E-state index >= 15 is 0 Å². The van der Waals surface area contributed by atoms with Crippen LogP contribution < -0.4 is 14.4 Å². The molecular weight excluding hydrogens is 546 g/mol. The van der Waals surface area contributed by atoms with E-state index in [1.54, 1.807) is 36.1 Å². The lowest BCUT2D eigenvalue weighted by atomic mass is 10.1. The summed E-state index contributed by atoms with van der Waals surface area (Å²) in [6.07, 6.45) is 2.27. The molecule has 0 unspecified atom stereocenters. The third-order valence-corrected chi connectivity index (χ3v) is 7.65. The van der Waals surface area contributed by atoms with Gasteiger partial charge in [-0.2, -0.15) is 0 Å². The smallest absolute Gasteiger partial charge is 0.242 e. The van der Waals surface area contributed by atoms with Crippen LogP contribution in [0.15, 0.2) is 53.0 Å². The molecule has 0 bridgehead atoms. The van der Waals surface area contributed by atoms with E-state index in [-0.39, 0.29) is 43.8 Å². The van der Waals surface area contributed by atoms with Gasteiger partial charge in [-0.25, -0.2) is 8.42 Å². The maximum atomic E-state index is 13.4. The fourth-order valence-corrected chi connectivity index (χ4v) is 4.89. The average Bonchev–Trinajstić information content (AvgIpc) is 2.84. The van der Waals surface area contributed by atoms with Gasteiger partial charge in [-0.15, -0.1) is 0 Å². The molecule has 2 rings (SSSR count). The predicted octanol–water partition coefficient (Wildman–Crippen LogP) is 4.34. The van der Waals surface area contributed by atoms with Crippen molar-refractivity contribution in [2.75, 3.05) is 24.2 Å². The van der Waals surface area contributed by atoms with E-state index in [0.717, 1.165) is 22.7 Å². The summed E-state index contributed by atoms with van der Waals surface area (Å²) in [4.78, 5) is 27.8. The van der Waals surface area contributed by atoms with Crippen LogP contribution in [-0.2, 0) is 26.2 Å². The maximum Gasteiger partial charge on any atom is 0.242 e. The number of methoxy groups -OCH3 is 1. The van der Waals surface area contributed by atoms with E-state index in [0.29, 0.717) is 11.4 Å². The number of benzene rings is 2. The number of nitrogens with one attached hydrogen (secondary N) is 1. The Bertz CT molecular complexity index is 1120. The molecule has 0 aromatic heterocycles. The summed E-state index contributed by atoms with van der Waals surface area (Å²) in [5, 5.41) is 2.95. The Balaban J connectivity index is 2.19. The number of hydrogen-bond donors (Lipinski definition) is 1. The van der Waals surface area contributed by atoms with Gasteiger partial charge in [0.1, 0.15) is 11.8 Å². The van der Waals surface area contributed by atoms with Gasteiger partial charge in [0.2, 0.25) is 21.8 Å². The van der Waals surface area contributed by atoms with Gasteiger partial charge < -0.3 is 15.0 Å². The fourth-order valence-electron chi connectivity index (χ4n) is 3.65. The minimum Gasteiger partial charge on any atom is -0.495 e. The molecule has 0 spiro atoms. The summed E-state index contributed by atoms with van der Waals surface area (Å²) < 4.78 is 32.5. The normalized spacial score (nSPS) is 12.9. The first kappa shape index (κ1) is 29.6. The van der Waals surface area contributed by atoms with Crippen molar-refractivity contribution >= 4 is 43.5 Å². The highest BCUT2D eigenvalue weighted by Gasteiger charge is 2.27. The number of sulfonamides is 1. The van der Waals surface area contributed by atoms with Crippen LogP contribution in [0.1, 0.15) is 45.6 Å². The first-order chi connectivity index (χ1) is 17.0. The Morgan fingerprint density at radius 1 is 1.08 bits per heavy atom. The number of carbonyl (C=O) groups excluding carboxylic acids is 2. The number of nitrogens with zero attached hydrogens (tertiary/aromatic N) is 2. The minimum absolute atomic E-state index is 0.00578. The van der Waals surface area contributed by atoms with Crippen LogP contribution in [0.5, 0.6) is 5.75 Å². The van der Waals surface area contributed by atoms with E-state index in [1.807, 2.05) is 38.1 Å². The zero-order chi connectivity index (χ0) is 26.9. The number of hydrogen-bond acceptors (Lipinski definition) is 5. The summed E-state index contributed by atoms with van der Waals surface area (Å²) in [5.74, 6) is -0.0127. The second-order valence-electron chi connectivity index (χ2n) is 8.75. The molecule has 0 fully saturated rings. The molecule has 0 saturated carbocycles. The Morgan fingerprint density at radius 3 is 2.31 bits per heavy atom. The molecule has 0 radical (unpaired) electrons. The quantitative estimate of drug-likeness (QED) is 0.379. The van der Waals surface area contributed by atoms with Gasteiger partial charge in [0.05, 0.1) is 19.1 Å². The number of carbonyl (C=O) groups is 2. The second kappa shape index (κ2) is 13.6. The summed E-state index contributed by atoms with van der Waals surface area (Å²) in [6.45, 7) is 5.99. The molecule has 0 heterocycles. The van der Waals surface area contributed by atoms with Gasteiger partial charge in [-0.1, -0.05) is 47.1 Å². The Kier molecular flexibility index (Phi) is 11.2. The first-order valence-electron chi connectivity index (χ1n) is 11.9. The van der Waals surface area contributed by atoms with Crippen molar-refractivity contribution in [2.45, 2.75) is 58.7 Å². The monoisotopic (exact) mass is 581 g/mol. The van der Waals surface area contributed by atoms with Gasteiger partial charge in [-0.3, -0.25) is 13.9 Å². The molecule has 10 heteroatoms. The lowest BCUT2D eigenvalue weighted by Gasteiger charge is -2.30. The van der Waals surface area contributed by atoms with E-state index in [9.17, 15) is 18.0 Å². The Morgan fingerprint density at radius 2 is 1.72 bits per heavy atom. The number of anilines is 1. The highest BCUT2D eigenvalue weighted by atomic mass is 79.9. The van der Waals surface area contributed by atoms with Crippen LogP contribution in [0.4, 0.5) is 5.69 Å². The lowest BCUT2D eigenvalue weighted by Crippen LogP contribution is -2.49. The predicted molar refractivity (Wildman–Crippen MR) is 146 cm³/mol. The third kappa shape index (κ3) is 8.51.